The van der Waals surface area contributed by atoms with Gasteiger partial charge >= 0.3 is 0 Å². The number of halogens is 1. The number of carbonyl (C=O) groups excluding carboxylic acids is 1. The highest BCUT2D eigenvalue weighted by molar-refractivity contribution is 14.1. The van der Waals surface area contributed by atoms with E-state index >= 15 is 0 Å². The zero-order chi connectivity index (χ0) is 16.4. The number of nitrogens with zero attached hydrogens (tertiary/aromatic N) is 3. The molecule has 2 heterocycles. The number of anilines is 1. The van der Waals surface area contributed by atoms with Crippen LogP contribution in [0.3, 0.4) is 0 Å². The van der Waals surface area contributed by atoms with Gasteiger partial charge in [-0.1, -0.05) is 0 Å². The van der Waals surface area contributed by atoms with Crippen LogP contribution >= 0.6 is 33.9 Å². The normalized spacial score (nSPS) is 13.4. The Hall–Kier alpha value is -1.40. The Morgan fingerprint density at radius 1 is 1.52 bits per heavy atom. The number of rotatable bonds is 4. The molecule has 0 aromatic carbocycles. The van der Waals surface area contributed by atoms with Gasteiger partial charge in [0.1, 0.15) is 11.1 Å². The Morgan fingerprint density at radius 2 is 2.30 bits per heavy atom. The summed E-state index contributed by atoms with van der Waals surface area (Å²) < 4.78 is 2.94. The van der Waals surface area contributed by atoms with Crippen molar-refractivity contribution in [2.24, 2.45) is 0 Å². The van der Waals surface area contributed by atoms with Crippen molar-refractivity contribution in [3.05, 3.63) is 31.5 Å². The lowest BCUT2D eigenvalue weighted by Gasteiger charge is -2.09. The van der Waals surface area contributed by atoms with E-state index in [0.717, 1.165) is 39.1 Å². The number of amides is 1. The lowest BCUT2D eigenvalue weighted by molar-refractivity contribution is -0.116. The topological polar surface area (TPSA) is 70.7 Å². The van der Waals surface area contributed by atoms with Crippen molar-refractivity contribution in [2.75, 3.05) is 5.32 Å². The molecule has 1 N–H and O–H groups in total. The summed E-state index contributed by atoms with van der Waals surface area (Å²) in [4.78, 5) is 13.5. The Balaban J connectivity index is 1.67. The molecule has 7 heteroatoms. The zero-order valence-corrected chi connectivity index (χ0v) is 15.8. The van der Waals surface area contributed by atoms with E-state index in [1.165, 1.54) is 11.3 Å². The summed E-state index contributed by atoms with van der Waals surface area (Å²) in [5, 5.41) is 17.3. The van der Waals surface area contributed by atoms with E-state index in [2.05, 4.69) is 39.1 Å². The third-order valence-corrected chi connectivity index (χ3v) is 6.40. The van der Waals surface area contributed by atoms with Crippen LogP contribution in [0, 0.1) is 21.8 Å². The maximum atomic E-state index is 12.2. The maximum Gasteiger partial charge on any atom is 0.226 e. The molecule has 0 aliphatic heterocycles. The number of aryl methyl sites for hydroxylation is 2. The van der Waals surface area contributed by atoms with Crippen molar-refractivity contribution >= 4 is 44.8 Å². The molecule has 0 radical (unpaired) electrons. The van der Waals surface area contributed by atoms with Crippen molar-refractivity contribution in [2.45, 2.75) is 45.6 Å². The predicted octanol–water partition coefficient (Wildman–Crippen LogP) is 3.64. The first-order chi connectivity index (χ1) is 11.1. The van der Waals surface area contributed by atoms with Crippen LogP contribution in [0.4, 0.5) is 5.00 Å². The number of nitrogens with one attached hydrogen (secondary N) is 1. The highest BCUT2D eigenvalue weighted by atomic mass is 127. The molecule has 0 spiro atoms. The van der Waals surface area contributed by atoms with Gasteiger partial charge in [0.2, 0.25) is 5.91 Å². The molecule has 0 saturated carbocycles. The molecule has 23 heavy (non-hydrogen) atoms. The fourth-order valence-corrected chi connectivity index (χ4v) is 4.48. The van der Waals surface area contributed by atoms with Crippen LogP contribution in [0.1, 0.15) is 41.0 Å². The van der Waals surface area contributed by atoms with E-state index in [-0.39, 0.29) is 5.91 Å². The van der Waals surface area contributed by atoms with Gasteiger partial charge in [0, 0.05) is 17.0 Å². The minimum Gasteiger partial charge on any atom is -0.317 e. The number of carbonyl (C=O) groups is 1. The molecular formula is C16H17IN4OS. The van der Waals surface area contributed by atoms with Crippen molar-refractivity contribution in [1.29, 1.82) is 5.26 Å². The molecule has 2 aromatic rings. The summed E-state index contributed by atoms with van der Waals surface area (Å²) >= 11 is 3.80. The van der Waals surface area contributed by atoms with Gasteiger partial charge in [0.25, 0.3) is 0 Å². The lowest BCUT2D eigenvalue weighted by Crippen LogP contribution is -2.15. The maximum absolute atomic E-state index is 12.2. The van der Waals surface area contributed by atoms with E-state index in [4.69, 9.17) is 0 Å². The monoisotopic (exact) mass is 440 g/mol. The first-order valence-corrected chi connectivity index (χ1v) is 9.52. The van der Waals surface area contributed by atoms with Gasteiger partial charge in [-0.25, -0.2) is 0 Å². The third-order valence-electron chi connectivity index (χ3n) is 4.13. The Morgan fingerprint density at radius 3 is 3.00 bits per heavy atom. The molecular weight excluding hydrogens is 423 g/mol. The van der Waals surface area contributed by atoms with Crippen LogP contribution in [-0.4, -0.2) is 15.7 Å². The van der Waals surface area contributed by atoms with E-state index in [0.29, 0.717) is 18.5 Å². The molecule has 0 fully saturated rings. The Bertz CT molecular complexity index is 787. The van der Waals surface area contributed by atoms with Gasteiger partial charge in [0.15, 0.2) is 0 Å². The minimum absolute atomic E-state index is 0.0648. The predicted molar refractivity (Wildman–Crippen MR) is 98.6 cm³/mol. The van der Waals surface area contributed by atoms with Gasteiger partial charge in [-0.15, -0.1) is 11.3 Å². The van der Waals surface area contributed by atoms with Crippen LogP contribution in [0.5, 0.6) is 0 Å². The summed E-state index contributed by atoms with van der Waals surface area (Å²) in [5.41, 5.74) is 2.89. The molecule has 1 aliphatic rings. The quantitative estimate of drug-likeness (QED) is 0.739. The largest absolute Gasteiger partial charge is 0.317 e. The zero-order valence-electron chi connectivity index (χ0n) is 12.9. The SMILES string of the molecule is Cc1c(I)cnn1CCC(=O)Nc1sc2c(c1C#N)CCCC2. The van der Waals surface area contributed by atoms with Crippen LogP contribution in [0.15, 0.2) is 6.20 Å². The van der Waals surface area contributed by atoms with Crippen molar-refractivity contribution < 1.29 is 4.79 Å². The van der Waals surface area contributed by atoms with Crippen LogP contribution < -0.4 is 5.32 Å². The summed E-state index contributed by atoms with van der Waals surface area (Å²) in [6.07, 6.45) is 6.43. The minimum atomic E-state index is -0.0648. The average molecular weight is 440 g/mol. The van der Waals surface area contributed by atoms with Gasteiger partial charge in [-0.05, 0) is 60.8 Å². The summed E-state index contributed by atoms with van der Waals surface area (Å²) in [6, 6.07) is 2.27. The standard InChI is InChI=1S/C16H17IN4OS/c1-10-13(17)9-19-21(10)7-6-15(22)20-16-12(8-18)11-4-2-3-5-14(11)23-16/h9H,2-7H2,1H3,(H,20,22). The molecule has 0 bridgehead atoms. The van der Waals surface area contributed by atoms with Crippen molar-refractivity contribution in [3.63, 3.8) is 0 Å². The molecule has 5 nitrogen and oxygen atoms in total. The number of aromatic nitrogens is 2. The number of hydrogen-bond acceptors (Lipinski definition) is 4. The van der Waals surface area contributed by atoms with E-state index in [1.807, 2.05) is 11.6 Å². The Labute approximate surface area is 152 Å². The van der Waals surface area contributed by atoms with E-state index < -0.39 is 0 Å². The van der Waals surface area contributed by atoms with Gasteiger partial charge in [0.05, 0.1) is 21.9 Å². The van der Waals surface area contributed by atoms with Gasteiger partial charge in [-0.2, -0.15) is 10.4 Å². The fourth-order valence-electron chi connectivity index (χ4n) is 2.82. The summed E-state index contributed by atoms with van der Waals surface area (Å²) in [5.74, 6) is -0.0648. The van der Waals surface area contributed by atoms with Gasteiger partial charge < -0.3 is 5.32 Å². The van der Waals surface area contributed by atoms with Gasteiger partial charge in [-0.3, -0.25) is 9.48 Å². The molecule has 120 valence electrons. The highest BCUT2D eigenvalue weighted by Gasteiger charge is 2.21. The molecule has 0 saturated heterocycles. The average Bonchev–Trinajstić information content (AvgIpc) is 3.06. The van der Waals surface area contributed by atoms with Crippen LogP contribution in [0.25, 0.3) is 0 Å². The number of hydrogen-bond donors (Lipinski definition) is 1. The smallest absolute Gasteiger partial charge is 0.226 e. The second-order valence-electron chi connectivity index (χ2n) is 5.63. The molecule has 0 unspecified atom stereocenters. The Kier molecular flexibility index (Phi) is 5.02. The van der Waals surface area contributed by atoms with Crippen LogP contribution in [0.2, 0.25) is 0 Å². The first-order valence-electron chi connectivity index (χ1n) is 7.62. The number of thiophene rings is 1. The highest BCUT2D eigenvalue weighted by Crippen LogP contribution is 2.37. The van der Waals surface area contributed by atoms with Crippen molar-refractivity contribution in [3.8, 4) is 6.07 Å². The van der Waals surface area contributed by atoms with Crippen LogP contribution in [-0.2, 0) is 24.2 Å². The third kappa shape index (κ3) is 3.43. The van der Waals surface area contributed by atoms with E-state index in [1.54, 1.807) is 17.5 Å². The van der Waals surface area contributed by atoms with E-state index in [9.17, 15) is 10.1 Å². The molecule has 1 aliphatic carbocycles. The molecule has 0 atom stereocenters. The number of nitriles is 1. The van der Waals surface area contributed by atoms with Crippen molar-refractivity contribution in [1.82, 2.24) is 9.78 Å². The second kappa shape index (κ2) is 7.01. The lowest BCUT2D eigenvalue weighted by atomic mass is 9.96. The first kappa shape index (κ1) is 16.5. The second-order valence-corrected chi connectivity index (χ2v) is 7.89. The number of fused-ring (bicyclic) bond motifs is 1. The summed E-state index contributed by atoms with van der Waals surface area (Å²) in [7, 11) is 0. The molecule has 1 amide bonds. The molecule has 3 rings (SSSR count). The fraction of sp³-hybridized carbons (Fsp3) is 0.438. The molecule has 2 aromatic heterocycles. The summed E-state index contributed by atoms with van der Waals surface area (Å²) in [6.45, 7) is 2.54.